The van der Waals surface area contributed by atoms with Crippen LogP contribution in [0.15, 0.2) is 38.9 Å². The molecular formula is C21H18Cl3FN4O5S2. The number of carboxylic acids is 1. The van der Waals surface area contributed by atoms with Crippen molar-refractivity contribution >= 4 is 75.5 Å². The molecule has 2 aromatic heterocycles. The summed E-state index contributed by atoms with van der Waals surface area (Å²) >= 11 is 19.1. The highest BCUT2D eigenvalue weighted by atomic mass is 35.5. The van der Waals surface area contributed by atoms with Crippen molar-refractivity contribution < 1.29 is 23.8 Å². The summed E-state index contributed by atoms with van der Waals surface area (Å²) in [6.45, 7) is 1.32. The first-order valence-electron chi connectivity index (χ1n) is 10.2. The van der Waals surface area contributed by atoms with Crippen molar-refractivity contribution in [2.24, 2.45) is 4.99 Å². The van der Waals surface area contributed by atoms with Crippen LogP contribution in [0.3, 0.4) is 0 Å². The second-order valence-corrected chi connectivity index (χ2v) is 10.2. The van der Waals surface area contributed by atoms with Crippen molar-refractivity contribution in [3.8, 4) is 0 Å². The molecule has 3 heterocycles. The Morgan fingerprint density at radius 2 is 1.89 bits per heavy atom. The number of hydrogen-bond donors (Lipinski definition) is 1. The van der Waals surface area contributed by atoms with Gasteiger partial charge < -0.3 is 9.84 Å². The van der Waals surface area contributed by atoms with Crippen molar-refractivity contribution in [3.05, 3.63) is 65.4 Å². The molecule has 192 valence electrons. The number of nitrogens with zero attached hydrogens (tertiary/aromatic N) is 4. The lowest BCUT2D eigenvalue weighted by Gasteiger charge is -2.15. The van der Waals surface area contributed by atoms with Gasteiger partial charge >= 0.3 is 16.8 Å². The number of thioether (sulfide) groups is 1. The Balaban J connectivity index is 0.000000275. The smallest absolute Gasteiger partial charge is 0.356 e. The first kappa shape index (κ1) is 28.2. The summed E-state index contributed by atoms with van der Waals surface area (Å²) in [5, 5.41) is 8.89. The largest absolute Gasteiger partial charge is 0.476 e. The molecule has 1 aromatic carbocycles. The molecule has 0 radical (unpaired) electrons. The molecule has 0 saturated carbocycles. The first-order valence-corrected chi connectivity index (χ1v) is 13.1. The maximum absolute atomic E-state index is 14.3. The van der Waals surface area contributed by atoms with Crippen LogP contribution in [0.4, 0.5) is 10.1 Å². The molecule has 0 fully saturated rings. The van der Waals surface area contributed by atoms with E-state index < -0.39 is 17.8 Å². The van der Waals surface area contributed by atoms with E-state index in [0.717, 1.165) is 42.0 Å². The summed E-state index contributed by atoms with van der Waals surface area (Å²) in [6.07, 6.45) is 1.90. The Hall–Kier alpha value is -2.38. The van der Waals surface area contributed by atoms with Crippen molar-refractivity contribution in [3.63, 3.8) is 0 Å². The van der Waals surface area contributed by atoms with Crippen LogP contribution in [0.2, 0.25) is 15.2 Å². The maximum Gasteiger partial charge on any atom is 0.356 e. The van der Waals surface area contributed by atoms with Crippen LogP contribution in [0.25, 0.3) is 0 Å². The minimum absolute atomic E-state index is 0.0605. The summed E-state index contributed by atoms with van der Waals surface area (Å²) in [6, 6.07) is 5.46. The number of carbonyl (C=O) groups excluding carboxylic acids is 1. The quantitative estimate of drug-likeness (QED) is 0.254. The number of aromatic carboxylic acids is 1. The number of pyridine rings is 1. The lowest BCUT2D eigenvalue weighted by atomic mass is 10.3. The number of fused-ring (bicyclic) bond motifs is 1. The van der Waals surface area contributed by atoms with Gasteiger partial charge in [0.2, 0.25) is 4.80 Å². The summed E-state index contributed by atoms with van der Waals surface area (Å²) < 4.78 is 22.3. The topological polar surface area (TPSA) is 116 Å². The molecule has 0 aliphatic carbocycles. The Labute approximate surface area is 227 Å². The fraction of sp³-hybridized carbons (Fsp3) is 0.286. The number of methoxy groups -OCH3 is 1. The zero-order valence-corrected chi connectivity index (χ0v) is 22.4. The third-order valence-corrected chi connectivity index (χ3v) is 7.54. The van der Waals surface area contributed by atoms with Gasteiger partial charge in [0, 0.05) is 18.0 Å². The van der Waals surface area contributed by atoms with Gasteiger partial charge in [0.05, 0.1) is 22.9 Å². The average molecular weight is 596 g/mol. The highest BCUT2D eigenvalue weighted by Gasteiger charge is 2.15. The van der Waals surface area contributed by atoms with Crippen molar-refractivity contribution in [1.82, 2.24) is 14.3 Å². The molecule has 36 heavy (non-hydrogen) atoms. The lowest BCUT2D eigenvalue weighted by Crippen LogP contribution is -2.31. The zero-order chi connectivity index (χ0) is 26.4. The summed E-state index contributed by atoms with van der Waals surface area (Å²) in [4.78, 5) is 42.4. The molecule has 1 N–H and O–H groups in total. The monoisotopic (exact) mass is 594 g/mol. The van der Waals surface area contributed by atoms with E-state index >= 15 is 0 Å². The number of carbonyl (C=O) groups is 2. The molecule has 0 unspecified atom stereocenters. The molecule has 4 rings (SSSR count). The number of rotatable bonds is 5. The van der Waals surface area contributed by atoms with Gasteiger partial charge in [-0.25, -0.2) is 23.8 Å². The van der Waals surface area contributed by atoms with Crippen LogP contribution in [-0.4, -0.2) is 44.3 Å². The number of esters is 1. The van der Waals surface area contributed by atoms with Gasteiger partial charge in [-0.1, -0.05) is 34.8 Å². The molecule has 0 atom stereocenters. The minimum atomic E-state index is -1.18. The first-order chi connectivity index (χ1) is 17.1. The number of benzene rings is 1. The van der Waals surface area contributed by atoms with Gasteiger partial charge in [-0.2, -0.15) is 0 Å². The molecule has 1 aliphatic rings. The van der Waals surface area contributed by atoms with Crippen LogP contribution in [0.5, 0.6) is 0 Å². The number of ether oxygens (including phenoxy) is 1. The van der Waals surface area contributed by atoms with Crippen LogP contribution in [-0.2, 0) is 22.6 Å². The van der Waals surface area contributed by atoms with E-state index in [2.05, 4.69) is 14.7 Å². The van der Waals surface area contributed by atoms with E-state index in [-0.39, 0.29) is 37.2 Å². The Morgan fingerprint density at radius 1 is 1.19 bits per heavy atom. The molecule has 0 bridgehead atoms. The van der Waals surface area contributed by atoms with E-state index in [1.165, 1.54) is 25.3 Å². The SMILES string of the molecule is COC(=O)CSc1cc(N=c2sc(=O)n3n2CCCC3)c(F)cc1Cl.O=C(O)c1nc(Cl)ccc1Cl. The molecule has 1 aliphatic heterocycles. The summed E-state index contributed by atoms with van der Waals surface area (Å²) in [5.74, 6) is -2.11. The standard InChI is InChI=1S/C15H15ClFN3O3S2.C6H3Cl2NO2/c1-23-13(21)8-24-12-7-11(10(17)6-9(12)16)18-14-19-4-2-3-5-20(19)15(22)25-14;7-3-1-2-4(8)9-5(3)6(10)11/h6-7H,2-5,8H2,1H3;1-2H,(H,10,11). The third kappa shape index (κ3) is 7.10. The van der Waals surface area contributed by atoms with Gasteiger partial charge in [-0.3, -0.25) is 14.3 Å². The normalized spacial score (nSPS) is 13.0. The molecule has 0 saturated heterocycles. The van der Waals surface area contributed by atoms with Crippen molar-refractivity contribution in [1.29, 1.82) is 0 Å². The van der Waals surface area contributed by atoms with Crippen molar-refractivity contribution in [2.45, 2.75) is 30.8 Å². The molecule has 15 heteroatoms. The number of hydrogen-bond acceptors (Lipinski definition) is 8. The number of halogens is 4. The highest BCUT2D eigenvalue weighted by Crippen LogP contribution is 2.33. The van der Waals surface area contributed by atoms with Crippen LogP contribution < -0.4 is 9.67 Å². The van der Waals surface area contributed by atoms with Gasteiger partial charge in [0.25, 0.3) is 0 Å². The molecular weight excluding hydrogens is 578 g/mol. The lowest BCUT2D eigenvalue weighted by molar-refractivity contribution is -0.137. The van der Waals surface area contributed by atoms with E-state index in [1.807, 2.05) is 0 Å². The second kappa shape index (κ2) is 12.7. The molecule has 3 aromatic rings. The Morgan fingerprint density at radius 3 is 2.53 bits per heavy atom. The molecule has 9 nitrogen and oxygen atoms in total. The highest BCUT2D eigenvalue weighted by molar-refractivity contribution is 8.00. The fourth-order valence-electron chi connectivity index (χ4n) is 3.00. The van der Waals surface area contributed by atoms with Crippen LogP contribution >= 0.6 is 57.9 Å². The van der Waals surface area contributed by atoms with E-state index in [9.17, 15) is 18.8 Å². The zero-order valence-electron chi connectivity index (χ0n) is 18.5. The average Bonchev–Trinajstić information content (AvgIpc) is 3.17. The van der Waals surface area contributed by atoms with Crippen LogP contribution in [0, 0.1) is 5.82 Å². The summed E-state index contributed by atoms with van der Waals surface area (Å²) in [7, 11) is 1.30. The fourth-order valence-corrected chi connectivity index (χ4v) is 5.32. The predicted molar refractivity (Wildman–Crippen MR) is 136 cm³/mol. The Bertz CT molecular complexity index is 1420. The summed E-state index contributed by atoms with van der Waals surface area (Å²) in [5.41, 5.74) is -0.140. The minimum Gasteiger partial charge on any atom is -0.476 e. The van der Waals surface area contributed by atoms with Gasteiger partial charge in [-0.05, 0) is 48.4 Å². The number of aromatic nitrogens is 3. The van der Waals surface area contributed by atoms with Gasteiger partial charge in [0.15, 0.2) is 5.69 Å². The van der Waals surface area contributed by atoms with Gasteiger partial charge in [0.1, 0.15) is 16.7 Å². The number of carboxylic acid groups (broad SMARTS) is 1. The van der Waals surface area contributed by atoms with Crippen LogP contribution in [0.1, 0.15) is 23.3 Å². The van der Waals surface area contributed by atoms with Gasteiger partial charge in [-0.15, -0.1) is 11.8 Å². The molecule has 0 amide bonds. The third-order valence-electron chi connectivity index (χ3n) is 4.70. The Kier molecular flexibility index (Phi) is 9.97. The predicted octanol–water partition coefficient (Wildman–Crippen LogP) is 4.88. The van der Waals surface area contributed by atoms with Crippen molar-refractivity contribution in [2.75, 3.05) is 12.9 Å². The maximum atomic E-state index is 14.3. The van der Waals surface area contributed by atoms with E-state index in [1.54, 1.807) is 9.36 Å². The van der Waals surface area contributed by atoms with E-state index in [0.29, 0.717) is 22.8 Å². The second-order valence-electron chi connectivity index (χ2n) is 7.08. The van der Waals surface area contributed by atoms with E-state index in [4.69, 9.17) is 39.9 Å². The molecule has 0 spiro atoms.